The van der Waals surface area contributed by atoms with Gasteiger partial charge >= 0.3 is 0 Å². The first-order valence-electron chi connectivity index (χ1n) is 5.29. The first-order valence-corrected chi connectivity index (χ1v) is 7.66. The Balaban J connectivity index is 2.42. The van der Waals surface area contributed by atoms with Crippen molar-refractivity contribution in [3.05, 3.63) is 55.9 Å². The number of thiocarbonyl (C=S) groups is 1. The van der Waals surface area contributed by atoms with E-state index in [1.807, 2.05) is 36.4 Å². The van der Waals surface area contributed by atoms with E-state index in [2.05, 4.69) is 37.2 Å². The third-order valence-electron chi connectivity index (χ3n) is 2.45. The predicted octanol–water partition coefficient (Wildman–Crippen LogP) is 5.24. The molecule has 0 unspecified atom stereocenters. The van der Waals surface area contributed by atoms with Crippen molar-refractivity contribution in [2.75, 3.05) is 5.32 Å². The van der Waals surface area contributed by atoms with E-state index >= 15 is 0 Å². The van der Waals surface area contributed by atoms with Crippen molar-refractivity contribution >= 4 is 72.0 Å². The molecule has 0 aliphatic heterocycles. The summed E-state index contributed by atoms with van der Waals surface area (Å²) in [4.78, 5) is 0.347. The Morgan fingerprint density at radius 1 is 1.11 bits per heavy atom. The van der Waals surface area contributed by atoms with Crippen LogP contribution in [0.3, 0.4) is 0 Å². The van der Waals surface area contributed by atoms with E-state index in [0.717, 1.165) is 25.9 Å². The average Bonchev–Trinajstić information content (AvgIpc) is 2.32. The van der Waals surface area contributed by atoms with Crippen LogP contribution in [0.15, 0.2) is 45.3 Å². The Labute approximate surface area is 138 Å². The van der Waals surface area contributed by atoms with Crippen LogP contribution in [0, 0.1) is 0 Å². The molecule has 0 saturated heterocycles. The van der Waals surface area contributed by atoms with Crippen LogP contribution in [0.1, 0.15) is 5.56 Å². The van der Waals surface area contributed by atoms with Gasteiger partial charge < -0.3 is 11.1 Å². The van der Waals surface area contributed by atoms with Crippen molar-refractivity contribution in [3.8, 4) is 0 Å². The minimum absolute atomic E-state index is 0.347. The molecule has 19 heavy (non-hydrogen) atoms. The van der Waals surface area contributed by atoms with Crippen molar-refractivity contribution in [1.82, 2.24) is 0 Å². The molecule has 0 fully saturated rings. The Hall–Kier alpha value is -0.620. The Bertz CT molecular complexity index is 647. The molecular weight excluding hydrogens is 411 g/mol. The maximum atomic E-state index is 5.92. The van der Waals surface area contributed by atoms with Gasteiger partial charge in [-0.3, -0.25) is 0 Å². The zero-order chi connectivity index (χ0) is 14.0. The third kappa shape index (κ3) is 3.69. The van der Waals surface area contributed by atoms with Gasteiger partial charge in [0.05, 0.1) is 5.69 Å². The van der Waals surface area contributed by atoms with Crippen molar-refractivity contribution in [1.29, 1.82) is 0 Å². The summed E-state index contributed by atoms with van der Waals surface area (Å²) in [6, 6.07) is 11.2. The zero-order valence-corrected chi connectivity index (χ0v) is 14.3. The predicted molar refractivity (Wildman–Crippen MR) is 92.5 cm³/mol. The molecule has 3 N–H and O–H groups in total. The quantitative estimate of drug-likeness (QED) is 0.667. The second-order valence-corrected chi connectivity index (χ2v) is 6.45. The van der Waals surface area contributed by atoms with E-state index in [1.54, 1.807) is 0 Å². The number of nitrogens with two attached hydrogens (primary N) is 1. The zero-order valence-electron chi connectivity index (χ0n) is 9.58. The monoisotopic (exact) mass is 418 g/mol. The molecule has 0 spiro atoms. The van der Waals surface area contributed by atoms with Gasteiger partial charge in [-0.1, -0.05) is 39.7 Å². The molecule has 0 aliphatic rings. The second kappa shape index (κ2) is 6.22. The highest BCUT2D eigenvalue weighted by Crippen LogP contribution is 2.31. The van der Waals surface area contributed by atoms with Crippen LogP contribution < -0.4 is 11.1 Å². The van der Waals surface area contributed by atoms with Crippen LogP contribution in [0.4, 0.5) is 11.4 Å². The average molecular weight is 421 g/mol. The van der Waals surface area contributed by atoms with Crippen LogP contribution in [0.2, 0.25) is 5.02 Å². The third-order valence-corrected chi connectivity index (χ3v) is 4.05. The van der Waals surface area contributed by atoms with E-state index < -0.39 is 0 Å². The fourth-order valence-corrected chi connectivity index (χ4v) is 2.89. The molecule has 98 valence electrons. The minimum atomic E-state index is 0.347. The van der Waals surface area contributed by atoms with Gasteiger partial charge in [0.1, 0.15) is 4.99 Å². The van der Waals surface area contributed by atoms with Crippen LogP contribution in [0.25, 0.3) is 0 Å². The number of nitrogens with one attached hydrogen (secondary N) is 1. The second-order valence-electron chi connectivity index (χ2n) is 3.80. The summed E-state index contributed by atoms with van der Waals surface area (Å²) >= 11 is 17.9. The first kappa shape index (κ1) is 14.8. The Morgan fingerprint density at radius 3 is 2.47 bits per heavy atom. The van der Waals surface area contributed by atoms with E-state index in [-0.39, 0.29) is 0 Å². The van der Waals surface area contributed by atoms with E-state index in [1.165, 1.54) is 0 Å². The lowest BCUT2D eigenvalue weighted by Gasteiger charge is -2.13. The van der Waals surface area contributed by atoms with Gasteiger partial charge in [-0.15, -0.1) is 0 Å². The fourth-order valence-electron chi connectivity index (χ4n) is 1.57. The molecule has 0 aromatic heterocycles. The van der Waals surface area contributed by atoms with Gasteiger partial charge in [0.15, 0.2) is 0 Å². The number of anilines is 2. The van der Waals surface area contributed by atoms with Gasteiger partial charge in [0.25, 0.3) is 0 Å². The Morgan fingerprint density at radius 2 is 1.84 bits per heavy atom. The fraction of sp³-hybridized carbons (Fsp3) is 0. The maximum absolute atomic E-state index is 5.92. The topological polar surface area (TPSA) is 38.0 Å². The van der Waals surface area contributed by atoms with Gasteiger partial charge in [0, 0.05) is 25.2 Å². The maximum Gasteiger partial charge on any atom is 0.106 e. The molecule has 6 heteroatoms. The van der Waals surface area contributed by atoms with Crippen LogP contribution in [0.5, 0.6) is 0 Å². The summed E-state index contributed by atoms with van der Waals surface area (Å²) in [5.74, 6) is 0. The first-order chi connectivity index (χ1) is 8.97. The molecule has 0 amide bonds. The normalized spacial score (nSPS) is 10.3. The largest absolute Gasteiger partial charge is 0.389 e. The highest BCUT2D eigenvalue weighted by atomic mass is 79.9. The molecule has 0 heterocycles. The van der Waals surface area contributed by atoms with Gasteiger partial charge in [0.2, 0.25) is 0 Å². The van der Waals surface area contributed by atoms with E-state index in [4.69, 9.17) is 29.6 Å². The lowest BCUT2D eigenvalue weighted by molar-refractivity contribution is 1.49. The number of hydrogen-bond donors (Lipinski definition) is 2. The standard InChI is InChI=1S/C13H9Br2ClN2S/c14-7-1-3-9(13(17)19)12(5-7)18-11-4-2-8(16)6-10(11)15/h1-6,18H,(H2,17,19). The minimum Gasteiger partial charge on any atom is -0.389 e. The molecule has 2 rings (SSSR count). The Kier molecular flexibility index (Phi) is 4.84. The lowest BCUT2D eigenvalue weighted by Crippen LogP contribution is -2.12. The molecular formula is C13H9Br2ClN2S. The van der Waals surface area contributed by atoms with Crippen molar-refractivity contribution in [2.24, 2.45) is 5.73 Å². The molecule has 0 saturated carbocycles. The van der Waals surface area contributed by atoms with Crippen molar-refractivity contribution in [3.63, 3.8) is 0 Å². The summed E-state index contributed by atoms with van der Waals surface area (Å²) in [5, 5.41) is 3.95. The van der Waals surface area contributed by atoms with Crippen molar-refractivity contribution < 1.29 is 0 Å². The highest BCUT2D eigenvalue weighted by Gasteiger charge is 2.08. The van der Waals surface area contributed by atoms with Gasteiger partial charge in [-0.25, -0.2) is 0 Å². The van der Waals surface area contributed by atoms with Crippen LogP contribution in [-0.4, -0.2) is 4.99 Å². The number of rotatable bonds is 3. The molecule has 2 nitrogen and oxygen atoms in total. The molecule has 2 aromatic carbocycles. The molecule has 0 bridgehead atoms. The summed E-state index contributed by atoms with van der Waals surface area (Å²) < 4.78 is 1.81. The number of halogens is 3. The van der Waals surface area contributed by atoms with E-state index in [9.17, 15) is 0 Å². The molecule has 0 radical (unpaired) electrons. The summed E-state index contributed by atoms with van der Waals surface area (Å²) in [6.07, 6.45) is 0. The smallest absolute Gasteiger partial charge is 0.106 e. The number of benzene rings is 2. The molecule has 0 aliphatic carbocycles. The van der Waals surface area contributed by atoms with Crippen molar-refractivity contribution in [2.45, 2.75) is 0 Å². The van der Waals surface area contributed by atoms with Crippen LogP contribution in [-0.2, 0) is 0 Å². The van der Waals surface area contributed by atoms with Gasteiger partial charge in [-0.05, 0) is 52.3 Å². The molecule has 0 atom stereocenters. The molecule has 2 aromatic rings. The number of hydrogen-bond acceptors (Lipinski definition) is 2. The van der Waals surface area contributed by atoms with Crippen LogP contribution >= 0.6 is 55.7 Å². The lowest BCUT2D eigenvalue weighted by atomic mass is 10.1. The van der Waals surface area contributed by atoms with Gasteiger partial charge in [-0.2, -0.15) is 0 Å². The highest BCUT2D eigenvalue weighted by molar-refractivity contribution is 9.10. The summed E-state index contributed by atoms with van der Waals surface area (Å²) in [5.41, 5.74) is 8.24. The SMILES string of the molecule is NC(=S)c1ccc(Br)cc1Nc1ccc(Cl)cc1Br. The van der Waals surface area contributed by atoms with E-state index in [0.29, 0.717) is 10.0 Å². The summed E-state index contributed by atoms with van der Waals surface area (Å²) in [6.45, 7) is 0. The summed E-state index contributed by atoms with van der Waals surface area (Å²) in [7, 11) is 0.